The van der Waals surface area contributed by atoms with Crippen LogP contribution in [-0.4, -0.2) is 43.0 Å². The van der Waals surface area contributed by atoms with Gasteiger partial charge in [-0.3, -0.25) is 14.5 Å². The summed E-state index contributed by atoms with van der Waals surface area (Å²) in [6, 6.07) is 10.7. The number of ether oxygens (including phenoxy) is 1. The number of alkyl halides is 2. The highest BCUT2D eigenvalue weighted by Gasteiger charge is 2.17. The van der Waals surface area contributed by atoms with E-state index in [9.17, 15) is 18.4 Å². The van der Waals surface area contributed by atoms with Crippen LogP contribution in [0.4, 0.5) is 20.2 Å². The maximum absolute atomic E-state index is 12.5. The van der Waals surface area contributed by atoms with Gasteiger partial charge >= 0.3 is 6.61 Å². The van der Waals surface area contributed by atoms with E-state index < -0.39 is 18.4 Å². The summed E-state index contributed by atoms with van der Waals surface area (Å²) in [6.07, 6.45) is 0. The van der Waals surface area contributed by atoms with E-state index >= 15 is 0 Å². The summed E-state index contributed by atoms with van der Waals surface area (Å²) < 4.78 is 29.3. The Morgan fingerprint density at radius 3 is 2.17 bits per heavy atom. The molecule has 0 aliphatic heterocycles. The number of halogens is 4. The van der Waals surface area contributed by atoms with Gasteiger partial charge in [-0.05, 0) is 30.8 Å². The monoisotopic (exact) mass is 445 g/mol. The van der Waals surface area contributed by atoms with E-state index in [1.54, 1.807) is 36.1 Å². The van der Waals surface area contributed by atoms with Gasteiger partial charge in [-0.1, -0.05) is 48.3 Å². The van der Waals surface area contributed by atoms with Crippen molar-refractivity contribution in [3.8, 4) is 5.75 Å². The van der Waals surface area contributed by atoms with Crippen LogP contribution in [0.1, 0.15) is 6.92 Å². The molecule has 29 heavy (non-hydrogen) atoms. The molecule has 0 bridgehead atoms. The lowest BCUT2D eigenvalue weighted by Crippen LogP contribution is -2.38. The van der Waals surface area contributed by atoms with Gasteiger partial charge in [0.25, 0.3) is 0 Å². The molecule has 156 valence electrons. The van der Waals surface area contributed by atoms with Crippen LogP contribution in [0.25, 0.3) is 0 Å². The van der Waals surface area contributed by atoms with E-state index in [0.717, 1.165) is 0 Å². The fraction of sp³-hybridized carbons (Fsp3) is 0.263. The Morgan fingerprint density at radius 1 is 1.00 bits per heavy atom. The van der Waals surface area contributed by atoms with Crippen LogP contribution in [0, 0.1) is 0 Å². The van der Waals surface area contributed by atoms with Crippen LogP contribution in [0.5, 0.6) is 5.75 Å². The Morgan fingerprint density at radius 2 is 1.59 bits per heavy atom. The quantitative estimate of drug-likeness (QED) is 0.596. The molecule has 0 heterocycles. The molecule has 0 aliphatic carbocycles. The van der Waals surface area contributed by atoms with E-state index in [-0.39, 0.29) is 24.5 Å². The molecular formula is C19H19Cl2F2N3O3. The van der Waals surface area contributed by atoms with Crippen LogP contribution < -0.4 is 15.4 Å². The molecule has 10 heteroatoms. The molecule has 0 atom stereocenters. The Balaban J connectivity index is 1.96. The summed E-state index contributed by atoms with van der Waals surface area (Å²) in [5.74, 6) is -1.04. The first-order valence-corrected chi connectivity index (χ1v) is 9.35. The minimum Gasteiger partial charge on any atom is -0.433 e. The minimum atomic E-state index is -3.01. The molecule has 0 aromatic heterocycles. The number of para-hydroxylation sites is 3. The summed E-state index contributed by atoms with van der Waals surface area (Å²) in [5.41, 5.74) is 0.403. The molecule has 2 N–H and O–H groups in total. The zero-order valence-electron chi connectivity index (χ0n) is 15.4. The maximum atomic E-state index is 12.5. The van der Waals surface area contributed by atoms with E-state index in [2.05, 4.69) is 15.4 Å². The highest BCUT2D eigenvalue weighted by atomic mass is 35.5. The highest BCUT2D eigenvalue weighted by Crippen LogP contribution is 2.29. The number of hydrogen-bond acceptors (Lipinski definition) is 4. The number of nitrogens with zero attached hydrogens (tertiary/aromatic N) is 1. The molecule has 6 nitrogen and oxygen atoms in total. The number of rotatable bonds is 9. The summed E-state index contributed by atoms with van der Waals surface area (Å²) >= 11 is 12.1. The molecular weight excluding hydrogens is 427 g/mol. The molecule has 2 amide bonds. The van der Waals surface area contributed by atoms with Crippen LogP contribution in [-0.2, 0) is 9.59 Å². The molecule has 0 unspecified atom stereocenters. The third kappa shape index (κ3) is 7.16. The molecule has 2 aromatic rings. The van der Waals surface area contributed by atoms with Gasteiger partial charge in [0.1, 0.15) is 5.75 Å². The Hall–Kier alpha value is -2.42. The van der Waals surface area contributed by atoms with Gasteiger partial charge in [0.05, 0.1) is 34.5 Å². The predicted molar refractivity (Wildman–Crippen MR) is 109 cm³/mol. The van der Waals surface area contributed by atoms with Crippen molar-refractivity contribution in [1.29, 1.82) is 0 Å². The Bertz CT molecular complexity index is 848. The fourth-order valence-corrected chi connectivity index (χ4v) is 2.93. The Kier molecular flexibility index (Phi) is 8.63. The largest absolute Gasteiger partial charge is 0.433 e. The van der Waals surface area contributed by atoms with Gasteiger partial charge in [-0.15, -0.1) is 0 Å². The van der Waals surface area contributed by atoms with Gasteiger partial charge in [0.15, 0.2) is 0 Å². The average Bonchev–Trinajstić information content (AvgIpc) is 2.65. The molecule has 0 spiro atoms. The summed E-state index contributed by atoms with van der Waals surface area (Å²) in [5, 5.41) is 5.71. The van der Waals surface area contributed by atoms with Crippen molar-refractivity contribution < 1.29 is 23.1 Å². The SMILES string of the molecule is CCN(CC(=O)Nc1ccccc1OC(F)F)CC(=O)Nc1c(Cl)cccc1Cl. The van der Waals surface area contributed by atoms with Gasteiger partial charge < -0.3 is 15.4 Å². The summed E-state index contributed by atoms with van der Waals surface area (Å²) in [4.78, 5) is 26.2. The first-order chi connectivity index (χ1) is 13.8. The maximum Gasteiger partial charge on any atom is 0.387 e. The summed E-state index contributed by atoms with van der Waals surface area (Å²) in [6.45, 7) is -1.08. The van der Waals surface area contributed by atoms with Crippen molar-refractivity contribution >= 4 is 46.4 Å². The van der Waals surface area contributed by atoms with E-state index in [1.165, 1.54) is 18.2 Å². The third-order valence-corrected chi connectivity index (χ3v) is 4.42. The zero-order valence-corrected chi connectivity index (χ0v) is 16.9. The fourth-order valence-electron chi connectivity index (χ4n) is 2.44. The van der Waals surface area contributed by atoms with Crippen molar-refractivity contribution in [2.75, 3.05) is 30.3 Å². The molecule has 0 fully saturated rings. The second-order valence-corrected chi connectivity index (χ2v) is 6.69. The number of amides is 2. The van der Waals surface area contributed by atoms with Crippen molar-refractivity contribution in [1.82, 2.24) is 4.90 Å². The van der Waals surface area contributed by atoms with E-state index in [4.69, 9.17) is 23.2 Å². The number of nitrogens with one attached hydrogen (secondary N) is 2. The van der Waals surface area contributed by atoms with Crippen LogP contribution in [0.15, 0.2) is 42.5 Å². The lowest BCUT2D eigenvalue weighted by atomic mass is 10.3. The van der Waals surface area contributed by atoms with Crippen LogP contribution in [0.3, 0.4) is 0 Å². The van der Waals surface area contributed by atoms with Crippen molar-refractivity contribution in [2.24, 2.45) is 0 Å². The lowest BCUT2D eigenvalue weighted by Gasteiger charge is -2.20. The van der Waals surface area contributed by atoms with Gasteiger partial charge in [-0.2, -0.15) is 8.78 Å². The van der Waals surface area contributed by atoms with Crippen molar-refractivity contribution in [3.05, 3.63) is 52.5 Å². The number of likely N-dealkylation sites (N-methyl/N-ethyl adjacent to an activating group) is 1. The Labute approximate surface area is 176 Å². The van der Waals surface area contributed by atoms with E-state index in [0.29, 0.717) is 22.3 Å². The number of benzene rings is 2. The zero-order chi connectivity index (χ0) is 21.4. The van der Waals surface area contributed by atoms with E-state index in [1.807, 2.05) is 0 Å². The lowest BCUT2D eigenvalue weighted by molar-refractivity contribution is -0.120. The minimum absolute atomic E-state index is 0.0966. The van der Waals surface area contributed by atoms with Crippen molar-refractivity contribution in [3.63, 3.8) is 0 Å². The molecule has 2 rings (SSSR count). The van der Waals surface area contributed by atoms with Crippen LogP contribution in [0.2, 0.25) is 10.0 Å². The third-order valence-electron chi connectivity index (χ3n) is 3.79. The normalized spacial score (nSPS) is 10.9. The van der Waals surface area contributed by atoms with Crippen LogP contribution >= 0.6 is 23.2 Å². The van der Waals surface area contributed by atoms with Gasteiger partial charge in [0.2, 0.25) is 11.8 Å². The number of carbonyl (C=O) groups excluding carboxylic acids is 2. The first kappa shape index (κ1) is 22.9. The summed E-state index contributed by atoms with van der Waals surface area (Å²) in [7, 11) is 0. The molecule has 0 radical (unpaired) electrons. The topological polar surface area (TPSA) is 70.7 Å². The molecule has 0 saturated carbocycles. The smallest absolute Gasteiger partial charge is 0.387 e. The van der Waals surface area contributed by atoms with Gasteiger partial charge in [-0.25, -0.2) is 0 Å². The standard InChI is InChI=1S/C19H19Cl2F2N3O3/c1-2-26(11-17(28)25-18-12(20)6-5-7-13(18)21)10-16(27)24-14-8-3-4-9-15(14)29-19(22)23/h3-9,19H,2,10-11H2,1H3,(H,24,27)(H,25,28). The van der Waals surface area contributed by atoms with Gasteiger partial charge in [0, 0.05) is 0 Å². The molecule has 2 aromatic carbocycles. The second kappa shape index (κ2) is 10.9. The number of anilines is 2. The molecule has 0 saturated heterocycles. The second-order valence-electron chi connectivity index (χ2n) is 5.87. The predicted octanol–water partition coefficient (Wildman–Crippen LogP) is 4.49. The number of hydrogen-bond donors (Lipinski definition) is 2. The van der Waals surface area contributed by atoms with Crippen molar-refractivity contribution in [2.45, 2.75) is 13.5 Å². The average molecular weight is 446 g/mol. The first-order valence-electron chi connectivity index (χ1n) is 8.60. The highest BCUT2D eigenvalue weighted by molar-refractivity contribution is 6.39. The molecule has 0 aliphatic rings. The number of carbonyl (C=O) groups is 2.